The van der Waals surface area contributed by atoms with Crippen molar-refractivity contribution in [3.8, 4) is 0 Å². The molecule has 1 unspecified atom stereocenters. The number of hydrogen-bond donors (Lipinski definition) is 0. The van der Waals surface area contributed by atoms with Gasteiger partial charge in [0.25, 0.3) is 0 Å². The van der Waals surface area contributed by atoms with Crippen LogP contribution < -0.4 is 0 Å². The number of esters is 3. The van der Waals surface area contributed by atoms with Gasteiger partial charge in [0, 0.05) is 19.3 Å². The maximum atomic E-state index is 12.9. The van der Waals surface area contributed by atoms with Crippen LogP contribution in [0.5, 0.6) is 0 Å². The SMILES string of the molecule is CC/C=C\C/C=C\C/C=C\C/C=C\C/C=C\C/C=C\C/C=C\CCCC(=O)OCC(COC(=O)CCCCCCCCCCCCCCCC)OC(=O)CCCCCCCCCCCCCCCCCCCCCC. The molecule has 0 fully saturated rings. The van der Waals surface area contributed by atoms with Crippen molar-refractivity contribution in [2.45, 2.75) is 322 Å². The molecule has 0 spiro atoms. The molecule has 0 N–H and O–H groups in total. The Kier molecular flexibility index (Phi) is 60.3. The van der Waals surface area contributed by atoms with E-state index in [0.29, 0.717) is 19.3 Å². The molecule has 0 amide bonds. The van der Waals surface area contributed by atoms with E-state index in [0.717, 1.165) is 89.9 Å². The summed E-state index contributed by atoms with van der Waals surface area (Å²) in [6.45, 7) is 6.52. The molecule has 0 aliphatic heterocycles. The summed E-state index contributed by atoms with van der Waals surface area (Å²) in [4.78, 5) is 38.3. The molecule has 1 atom stereocenters. The lowest BCUT2D eigenvalue weighted by Crippen LogP contribution is -2.30. The first-order chi connectivity index (χ1) is 37.0. The summed E-state index contributed by atoms with van der Waals surface area (Å²) >= 11 is 0. The maximum Gasteiger partial charge on any atom is 0.306 e. The van der Waals surface area contributed by atoms with E-state index in [4.69, 9.17) is 14.2 Å². The Morgan fingerprint density at radius 1 is 0.280 bits per heavy atom. The van der Waals surface area contributed by atoms with E-state index in [-0.39, 0.29) is 37.5 Å². The van der Waals surface area contributed by atoms with E-state index in [2.05, 4.69) is 106 Å². The normalized spacial score (nSPS) is 12.6. The van der Waals surface area contributed by atoms with Gasteiger partial charge in [-0.15, -0.1) is 0 Å². The van der Waals surface area contributed by atoms with E-state index in [1.165, 1.54) is 180 Å². The fraction of sp³-hybridized carbons (Fsp3) is 0.754. The van der Waals surface area contributed by atoms with E-state index < -0.39 is 6.10 Å². The lowest BCUT2D eigenvalue weighted by molar-refractivity contribution is -0.167. The number of carbonyl (C=O) groups is 3. The smallest absolute Gasteiger partial charge is 0.306 e. The average molecular weight is 1050 g/mol. The zero-order chi connectivity index (χ0) is 54.3. The average Bonchev–Trinajstić information content (AvgIpc) is 3.41. The molecule has 0 bridgehead atoms. The van der Waals surface area contributed by atoms with Crippen LogP contribution in [0.3, 0.4) is 0 Å². The standard InChI is InChI=1S/C69H120O6/c1-4-7-10-13-16-19-22-25-28-30-32-34-35-36-38-39-41-44-47-50-53-56-59-62-68(71)74-65-66(64-73-67(70)61-58-55-52-49-46-43-27-24-21-18-15-12-9-6-3)75-69(72)63-60-57-54-51-48-45-42-40-37-33-31-29-26-23-20-17-14-11-8-5-2/h7,10,16,19,25,28,32,34,36,38,41,44,50,53,66H,4-6,8-9,11-15,17-18,20-24,26-27,29-31,33,35,37,39-40,42-43,45-49,51-52,54-65H2,1-3H3/b10-7-,19-16-,28-25-,34-32-,38-36-,44-41-,53-50-. The van der Waals surface area contributed by atoms with Gasteiger partial charge < -0.3 is 14.2 Å². The third-order valence-electron chi connectivity index (χ3n) is 13.9. The molecule has 0 saturated carbocycles. The third kappa shape index (κ3) is 61.3. The molecule has 6 heteroatoms. The topological polar surface area (TPSA) is 78.9 Å². The van der Waals surface area contributed by atoms with Gasteiger partial charge in [-0.25, -0.2) is 0 Å². The van der Waals surface area contributed by atoms with E-state index >= 15 is 0 Å². The second-order valence-electron chi connectivity index (χ2n) is 21.3. The molecule has 0 aromatic heterocycles. The highest BCUT2D eigenvalue weighted by atomic mass is 16.6. The number of allylic oxidation sites excluding steroid dienone is 14. The van der Waals surface area contributed by atoms with Crippen LogP contribution in [-0.4, -0.2) is 37.2 Å². The van der Waals surface area contributed by atoms with Crippen LogP contribution >= 0.6 is 0 Å². The second kappa shape index (κ2) is 63.1. The summed E-state index contributed by atoms with van der Waals surface area (Å²) in [6.07, 6.45) is 83.1. The zero-order valence-corrected chi connectivity index (χ0v) is 49.6. The van der Waals surface area contributed by atoms with Crippen LogP contribution in [0, 0.1) is 0 Å². The van der Waals surface area contributed by atoms with Crippen molar-refractivity contribution in [3.63, 3.8) is 0 Å². The fourth-order valence-corrected chi connectivity index (χ4v) is 9.14. The van der Waals surface area contributed by atoms with E-state index in [1.807, 2.05) is 0 Å². The lowest BCUT2D eigenvalue weighted by atomic mass is 10.0. The minimum Gasteiger partial charge on any atom is -0.462 e. The molecule has 75 heavy (non-hydrogen) atoms. The summed E-state index contributed by atoms with van der Waals surface area (Å²) in [5.41, 5.74) is 0. The number of hydrogen-bond acceptors (Lipinski definition) is 6. The predicted molar refractivity (Wildman–Crippen MR) is 325 cm³/mol. The van der Waals surface area contributed by atoms with Crippen molar-refractivity contribution < 1.29 is 28.6 Å². The maximum absolute atomic E-state index is 12.9. The summed E-state index contributed by atoms with van der Waals surface area (Å²) in [6, 6.07) is 0. The van der Waals surface area contributed by atoms with Crippen molar-refractivity contribution in [1.29, 1.82) is 0 Å². The number of rotatable bonds is 58. The van der Waals surface area contributed by atoms with Gasteiger partial charge >= 0.3 is 17.9 Å². The first kappa shape index (κ1) is 71.6. The molecule has 0 aliphatic carbocycles. The van der Waals surface area contributed by atoms with Crippen LogP contribution in [0.15, 0.2) is 85.1 Å². The molecule has 0 aromatic carbocycles. The van der Waals surface area contributed by atoms with Crippen LogP contribution in [-0.2, 0) is 28.6 Å². The Bertz CT molecular complexity index is 1430. The zero-order valence-electron chi connectivity index (χ0n) is 49.6. The van der Waals surface area contributed by atoms with Gasteiger partial charge in [-0.1, -0.05) is 311 Å². The first-order valence-electron chi connectivity index (χ1n) is 32.1. The minimum atomic E-state index is -0.798. The molecule has 0 saturated heterocycles. The van der Waals surface area contributed by atoms with Gasteiger partial charge in [0.05, 0.1) is 0 Å². The van der Waals surface area contributed by atoms with Crippen molar-refractivity contribution in [1.82, 2.24) is 0 Å². The highest BCUT2D eigenvalue weighted by Gasteiger charge is 2.19. The molecule has 0 aromatic rings. The van der Waals surface area contributed by atoms with Crippen LogP contribution in [0.4, 0.5) is 0 Å². The van der Waals surface area contributed by atoms with Crippen LogP contribution in [0.1, 0.15) is 316 Å². The molecular formula is C69H120O6. The Morgan fingerprint density at radius 3 is 0.813 bits per heavy atom. The second-order valence-corrected chi connectivity index (χ2v) is 21.3. The molecule has 0 rings (SSSR count). The van der Waals surface area contributed by atoms with Gasteiger partial charge in [0.2, 0.25) is 0 Å². The third-order valence-corrected chi connectivity index (χ3v) is 13.9. The quantitative estimate of drug-likeness (QED) is 0.0261. The summed E-state index contributed by atoms with van der Waals surface area (Å²) < 4.78 is 16.9. The van der Waals surface area contributed by atoms with Gasteiger partial charge in [0.15, 0.2) is 6.10 Å². The fourth-order valence-electron chi connectivity index (χ4n) is 9.14. The molecule has 0 aliphatic rings. The Balaban J connectivity index is 4.43. The first-order valence-corrected chi connectivity index (χ1v) is 32.1. The highest BCUT2D eigenvalue weighted by Crippen LogP contribution is 2.17. The van der Waals surface area contributed by atoms with Gasteiger partial charge in [-0.3, -0.25) is 14.4 Å². The van der Waals surface area contributed by atoms with Crippen molar-refractivity contribution >= 4 is 17.9 Å². The van der Waals surface area contributed by atoms with Crippen molar-refractivity contribution in [2.75, 3.05) is 13.2 Å². The molecule has 0 heterocycles. The lowest BCUT2D eigenvalue weighted by Gasteiger charge is -2.18. The minimum absolute atomic E-state index is 0.0902. The monoisotopic (exact) mass is 1040 g/mol. The van der Waals surface area contributed by atoms with E-state index in [9.17, 15) is 14.4 Å². The summed E-state index contributed by atoms with van der Waals surface area (Å²) in [5.74, 6) is -0.936. The number of carbonyl (C=O) groups excluding carboxylic acids is 3. The van der Waals surface area contributed by atoms with Gasteiger partial charge in [0.1, 0.15) is 13.2 Å². The predicted octanol–water partition coefficient (Wildman–Crippen LogP) is 21.9. The summed E-state index contributed by atoms with van der Waals surface area (Å²) in [7, 11) is 0. The van der Waals surface area contributed by atoms with Gasteiger partial charge in [-0.05, 0) is 70.6 Å². The van der Waals surface area contributed by atoms with Crippen LogP contribution in [0.2, 0.25) is 0 Å². The molecule has 0 radical (unpaired) electrons. The van der Waals surface area contributed by atoms with Crippen molar-refractivity contribution in [3.05, 3.63) is 85.1 Å². The van der Waals surface area contributed by atoms with Crippen molar-refractivity contribution in [2.24, 2.45) is 0 Å². The summed E-state index contributed by atoms with van der Waals surface area (Å²) in [5, 5.41) is 0. The Labute approximate surface area is 465 Å². The van der Waals surface area contributed by atoms with E-state index in [1.54, 1.807) is 0 Å². The molecule has 6 nitrogen and oxygen atoms in total. The Morgan fingerprint density at radius 2 is 0.520 bits per heavy atom. The Hall–Kier alpha value is -3.41. The van der Waals surface area contributed by atoms with Crippen LogP contribution in [0.25, 0.3) is 0 Å². The number of unbranched alkanes of at least 4 members (excludes halogenated alkanes) is 33. The number of ether oxygens (including phenoxy) is 3. The largest absolute Gasteiger partial charge is 0.462 e. The highest BCUT2D eigenvalue weighted by molar-refractivity contribution is 5.71. The molecule has 432 valence electrons. The van der Waals surface area contributed by atoms with Gasteiger partial charge in [-0.2, -0.15) is 0 Å². The molecular weight excluding hydrogens is 925 g/mol.